The molecule has 60 valence electrons. The van der Waals surface area contributed by atoms with Crippen LogP contribution in [0.15, 0.2) is 12.1 Å². The van der Waals surface area contributed by atoms with Crippen LogP contribution >= 0.6 is 23.2 Å². The predicted molar refractivity (Wildman–Crippen MR) is 43.4 cm³/mol. The average molecular weight is 195 g/mol. The molecule has 0 heterocycles. The highest BCUT2D eigenvalue weighted by molar-refractivity contribution is 6.35. The van der Waals surface area contributed by atoms with Crippen molar-refractivity contribution in [3.05, 3.63) is 33.2 Å². The molecule has 0 aliphatic carbocycles. The number of nitrogens with one attached hydrogen (secondary N) is 1. The van der Waals surface area contributed by atoms with E-state index in [0.29, 0.717) is 0 Å². The molecule has 1 rings (SSSR count). The number of halogens is 3. The number of benzene rings is 1. The van der Waals surface area contributed by atoms with E-state index in [1.807, 2.05) is 0 Å². The molecule has 11 heavy (non-hydrogen) atoms. The Hall–Kier alpha value is -0.510. The van der Waals surface area contributed by atoms with Gasteiger partial charge in [0.05, 0.1) is 10.0 Å². The fraction of sp³-hybridized carbons (Fsp3) is 0. The second kappa shape index (κ2) is 3.26. The third-order valence-corrected chi connectivity index (χ3v) is 1.65. The Kier molecular flexibility index (Phi) is 2.54. The Bertz CT molecular complexity index is 256. The first-order chi connectivity index (χ1) is 5.15. The molecule has 0 radical (unpaired) electrons. The molecule has 0 saturated heterocycles. The van der Waals surface area contributed by atoms with Gasteiger partial charge in [0.15, 0.2) is 5.82 Å². The minimum Gasteiger partial charge on any atom is -0.761 e. The van der Waals surface area contributed by atoms with Crippen molar-refractivity contribution in [2.45, 2.75) is 0 Å². The topological polar surface area (TPSA) is 35.1 Å². The summed E-state index contributed by atoms with van der Waals surface area (Å²) in [6.07, 6.45) is 0. The summed E-state index contributed by atoms with van der Waals surface area (Å²) >= 11 is 10.7. The van der Waals surface area contributed by atoms with Crippen molar-refractivity contribution in [2.24, 2.45) is 0 Å². The molecule has 2 nitrogen and oxygen atoms in total. The average Bonchev–Trinajstić information content (AvgIpc) is 1.99. The predicted octanol–water partition coefficient (Wildman–Crippen LogP) is 3.04. The lowest BCUT2D eigenvalue weighted by molar-refractivity contribution is 0.629. The van der Waals surface area contributed by atoms with E-state index in [-0.39, 0.29) is 15.7 Å². The molecule has 1 N–H and O–H groups in total. The number of hydrogen-bond donors (Lipinski definition) is 1. The van der Waals surface area contributed by atoms with E-state index in [1.54, 1.807) is 5.48 Å². The van der Waals surface area contributed by atoms with Crippen LogP contribution in [-0.2, 0) is 0 Å². The lowest BCUT2D eigenvalue weighted by Gasteiger charge is -2.09. The van der Waals surface area contributed by atoms with Crippen LogP contribution in [0.2, 0.25) is 10.0 Å². The van der Waals surface area contributed by atoms with Crippen LogP contribution in [-0.4, -0.2) is 0 Å². The van der Waals surface area contributed by atoms with Gasteiger partial charge < -0.3 is 10.7 Å². The highest BCUT2D eigenvalue weighted by Gasteiger charge is 2.05. The Labute approximate surface area is 72.5 Å². The molecule has 1 aromatic rings. The van der Waals surface area contributed by atoms with Gasteiger partial charge in [0, 0.05) is 5.69 Å². The van der Waals surface area contributed by atoms with Crippen molar-refractivity contribution in [3.63, 3.8) is 0 Å². The van der Waals surface area contributed by atoms with Gasteiger partial charge in [-0.3, -0.25) is 0 Å². The molecule has 5 heteroatoms. The Morgan fingerprint density at radius 2 is 1.73 bits per heavy atom. The Morgan fingerprint density at radius 3 is 2.09 bits per heavy atom. The lowest BCUT2D eigenvalue weighted by Crippen LogP contribution is -1.87. The zero-order valence-corrected chi connectivity index (χ0v) is 6.71. The van der Waals surface area contributed by atoms with Crippen LogP contribution in [0.25, 0.3) is 0 Å². The summed E-state index contributed by atoms with van der Waals surface area (Å²) in [7, 11) is 0. The summed E-state index contributed by atoms with van der Waals surface area (Å²) in [4.78, 5) is 0. The molecule has 0 saturated carbocycles. The van der Waals surface area contributed by atoms with Gasteiger partial charge in [-0.15, -0.1) is 0 Å². The van der Waals surface area contributed by atoms with E-state index >= 15 is 0 Å². The first kappa shape index (κ1) is 8.59. The quantitative estimate of drug-likeness (QED) is 0.552. The van der Waals surface area contributed by atoms with Gasteiger partial charge in [0.1, 0.15) is 0 Å². The Morgan fingerprint density at radius 1 is 1.27 bits per heavy atom. The lowest BCUT2D eigenvalue weighted by atomic mass is 10.3. The van der Waals surface area contributed by atoms with Crippen LogP contribution in [0.3, 0.4) is 0 Å². The second-order valence-corrected chi connectivity index (χ2v) is 2.67. The smallest absolute Gasteiger partial charge is 0.160 e. The van der Waals surface area contributed by atoms with E-state index in [0.717, 1.165) is 12.1 Å². The molecule has 0 bridgehead atoms. The molecule has 0 amide bonds. The molecule has 1 aromatic carbocycles. The zero-order chi connectivity index (χ0) is 8.43. The first-order valence-corrected chi connectivity index (χ1v) is 3.43. The van der Waals surface area contributed by atoms with Crippen molar-refractivity contribution >= 4 is 28.9 Å². The van der Waals surface area contributed by atoms with Gasteiger partial charge in [0.25, 0.3) is 0 Å². The minimum absolute atomic E-state index is 0.140. The summed E-state index contributed by atoms with van der Waals surface area (Å²) in [6.45, 7) is 0. The molecular formula is C6H3Cl2FNO-. The van der Waals surface area contributed by atoms with Crippen LogP contribution in [0.1, 0.15) is 0 Å². The van der Waals surface area contributed by atoms with Gasteiger partial charge in [0.2, 0.25) is 0 Å². The molecule has 0 aromatic heterocycles. The van der Waals surface area contributed by atoms with Crippen LogP contribution < -0.4 is 5.48 Å². The molecule has 0 spiro atoms. The van der Waals surface area contributed by atoms with Gasteiger partial charge >= 0.3 is 0 Å². The molecule has 0 aliphatic rings. The highest BCUT2D eigenvalue weighted by atomic mass is 35.5. The third-order valence-electron chi connectivity index (χ3n) is 1.10. The van der Waals surface area contributed by atoms with E-state index in [2.05, 4.69) is 0 Å². The summed E-state index contributed by atoms with van der Waals surface area (Å²) in [5.41, 5.74) is 1.69. The molecule has 0 fully saturated rings. The molecule has 0 aliphatic heterocycles. The molecule has 0 atom stereocenters. The van der Waals surface area contributed by atoms with Crippen LogP contribution in [0.5, 0.6) is 0 Å². The van der Waals surface area contributed by atoms with E-state index in [9.17, 15) is 9.60 Å². The fourth-order valence-electron chi connectivity index (χ4n) is 0.614. The van der Waals surface area contributed by atoms with Gasteiger partial charge in [-0.05, 0) is 12.1 Å². The number of anilines is 1. The summed E-state index contributed by atoms with van der Waals surface area (Å²) in [5, 5.41) is 9.72. The maximum Gasteiger partial charge on any atom is 0.160 e. The summed E-state index contributed by atoms with van der Waals surface area (Å²) in [5.74, 6) is -0.715. The standard InChI is InChI=1S/C6H3Cl2FNO/c7-4-1-3(10-11)2-5(8)6(4)9/h1-2,10H/q-1. The summed E-state index contributed by atoms with van der Waals surface area (Å²) < 4.78 is 12.7. The number of rotatable bonds is 1. The number of hydrogen-bond acceptors (Lipinski definition) is 2. The fourth-order valence-corrected chi connectivity index (χ4v) is 1.10. The molecular weight excluding hydrogens is 192 g/mol. The van der Waals surface area contributed by atoms with Crippen molar-refractivity contribution in [3.8, 4) is 0 Å². The Balaban J connectivity index is 3.21. The van der Waals surface area contributed by atoms with Crippen molar-refractivity contribution in [2.75, 3.05) is 5.48 Å². The van der Waals surface area contributed by atoms with Crippen molar-refractivity contribution in [1.29, 1.82) is 0 Å². The zero-order valence-electron chi connectivity index (χ0n) is 5.20. The minimum atomic E-state index is -0.715. The SMILES string of the molecule is [O-]Nc1cc(Cl)c(F)c(Cl)c1. The highest BCUT2D eigenvalue weighted by Crippen LogP contribution is 2.26. The van der Waals surface area contributed by atoms with Crippen LogP contribution in [0.4, 0.5) is 10.1 Å². The monoisotopic (exact) mass is 194 g/mol. The van der Waals surface area contributed by atoms with Gasteiger partial charge in [-0.1, -0.05) is 23.2 Å². The van der Waals surface area contributed by atoms with Gasteiger partial charge in [-0.2, -0.15) is 0 Å². The largest absolute Gasteiger partial charge is 0.761 e. The van der Waals surface area contributed by atoms with Gasteiger partial charge in [-0.25, -0.2) is 4.39 Å². The molecule has 0 unspecified atom stereocenters. The van der Waals surface area contributed by atoms with E-state index < -0.39 is 5.82 Å². The second-order valence-electron chi connectivity index (χ2n) is 1.86. The van der Waals surface area contributed by atoms with Crippen molar-refractivity contribution < 1.29 is 4.39 Å². The maximum absolute atomic E-state index is 12.7. The maximum atomic E-state index is 12.7. The van der Waals surface area contributed by atoms with E-state index in [1.165, 1.54) is 0 Å². The third kappa shape index (κ3) is 1.74. The van der Waals surface area contributed by atoms with E-state index in [4.69, 9.17) is 23.2 Å². The van der Waals surface area contributed by atoms with Crippen molar-refractivity contribution in [1.82, 2.24) is 0 Å². The first-order valence-electron chi connectivity index (χ1n) is 2.68. The summed E-state index contributed by atoms with van der Waals surface area (Å²) in [6, 6.07) is 2.32. The normalized spacial score (nSPS) is 9.82. The van der Waals surface area contributed by atoms with Crippen LogP contribution in [0, 0.1) is 11.0 Å².